The second-order valence-electron chi connectivity index (χ2n) is 4.89. The van der Waals surface area contributed by atoms with Crippen LogP contribution in [0.15, 0.2) is 12.4 Å². The van der Waals surface area contributed by atoms with Crippen molar-refractivity contribution in [1.29, 1.82) is 0 Å². The maximum absolute atomic E-state index is 10.6. The summed E-state index contributed by atoms with van der Waals surface area (Å²) in [6, 6.07) is 0. The molecule has 0 bridgehead atoms. The fourth-order valence-corrected chi connectivity index (χ4v) is 2.04. The summed E-state index contributed by atoms with van der Waals surface area (Å²) in [5.74, 6) is 0.383. The smallest absolute Gasteiger partial charge is 0.303 e. The largest absolute Gasteiger partial charge is 0.481 e. The van der Waals surface area contributed by atoms with Gasteiger partial charge in [0.2, 0.25) is 5.95 Å². The fourth-order valence-electron chi connectivity index (χ4n) is 2.04. The van der Waals surface area contributed by atoms with Gasteiger partial charge in [0.1, 0.15) is 0 Å². The maximum Gasteiger partial charge on any atom is 0.303 e. The molecule has 0 radical (unpaired) electrons. The summed E-state index contributed by atoms with van der Waals surface area (Å²) in [5.41, 5.74) is 1.04. The summed E-state index contributed by atoms with van der Waals surface area (Å²) in [6.45, 7) is 4.87. The predicted molar refractivity (Wildman–Crippen MR) is 75.1 cm³/mol. The highest BCUT2D eigenvalue weighted by Gasteiger charge is 2.10. The Labute approximate surface area is 114 Å². The first-order valence-corrected chi connectivity index (χ1v) is 6.86. The van der Waals surface area contributed by atoms with Gasteiger partial charge in [-0.1, -0.05) is 19.8 Å². The Morgan fingerprint density at radius 3 is 2.58 bits per heavy atom. The molecule has 0 spiro atoms. The lowest BCUT2D eigenvalue weighted by Gasteiger charge is -2.15. The van der Waals surface area contributed by atoms with Gasteiger partial charge in [-0.2, -0.15) is 0 Å². The number of anilines is 1. The lowest BCUT2D eigenvalue weighted by Crippen LogP contribution is -2.12. The van der Waals surface area contributed by atoms with Crippen molar-refractivity contribution in [3.63, 3.8) is 0 Å². The fraction of sp³-hybridized carbons (Fsp3) is 0.643. The highest BCUT2D eigenvalue weighted by molar-refractivity contribution is 5.66. The van der Waals surface area contributed by atoms with Crippen LogP contribution < -0.4 is 5.32 Å². The molecule has 5 heteroatoms. The van der Waals surface area contributed by atoms with E-state index in [2.05, 4.69) is 22.2 Å². The van der Waals surface area contributed by atoms with Crippen LogP contribution in [-0.2, 0) is 4.79 Å². The van der Waals surface area contributed by atoms with Gasteiger partial charge in [-0.25, -0.2) is 9.97 Å². The number of carbonyl (C=O) groups is 1. The van der Waals surface area contributed by atoms with Crippen molar-refractivity contribution in [2.24, 2.45) is 5.92 Å². The second-order valence-corrected chi connectivity index (χ2v) is 4.89. The summed E-state index contributed by atoms with van der Waals surface area (Å²) >= 11 is 0. The first-order chi connectivity index (χ1) is 9.11. The van der Waals surface area contributed by atoms with Crippen LogP contribution in [0.25, 0.3) is 0 Å². The third-order valence-corrected chi connectivity index (χ3v) is 3.08. The van der Waals surface area contributed by atoms with E-state index in [9.17, 15) is 4.79 Å². The van der Waals surface area contributed by atoms with Crippen LogP contribution in [0.5, 0.6) is 0 Å². The van der Waals surface area contributed by atoms with Gasteiger partial charge < -0.3 is 10.4 Å². The number of carboxylic acids is 1. The number of nitrogens with one attached hydrogen (secondary N) is 1. The molecular weight excluding hydrogens is 242 g/mol. The average molecular weight is 265 g/mol. The predicted octanol–water partition coefficient (Wildman–Crippen LogP) is 2.87. The number of carboxylic acid groups (broad SMARTS) is 1. The minimum Gasteiger partial charge on any atom is -0.481 e. The van der Waals surface area contributed by atoms with Crippen LogP contribution in [0.2, 0.25) is 0 Å². The number of rotatable bonds is 9. The standard InChI is InChI=1S/C14H23N3O2/c1-3-4-12(5-6-13(18)19)7-8-15-14-16-9-11(2)10-17-14/h9-10,12H,3-8H2,1-2H3,(H,18,19)(H,15,16,17). The molecule has 1 rings (SSSR count). The van der Waals surface area contributed by atoms with Gasteiger partial charge in [-0.3, -0.25) is 4.79 Å². The third kappa shape index (κ3) is 6.74. The zero-order valence-electron chi connectivity index (χ0n) is 11.7. The lowest BCUT2D eigenvalue weighted by atomic mass is 9.94. The number of nitrogens with zero attached hydrogens (tertiary/aromatic N) is 2. The highest BCUT2D eigenvalue weighted by atomic mass is 16.4. The van der Waals surface area contributed by atoms with E-state index >= 15 is 0 Å². The van der Waals surface area contributed by atoms with Gasteiger partial charge in [0.25, 0.3) is 0 Å². The summed E-state index contributed by atoms with van der Waals surface area (Å²) in [4.78, 5) is 19.0. The van der Waals surface area contributed by atoms with E-state index in [1.165, 1.54) is 0 Å². The summed E-state index contributed by atoms with van der Waals surface area (Å²) in [5, 5.41) is 11.9. The second kappa shape index (κ2) is 8.45. The van der Waals surface area contributed by atoms with Gasteiger partial charge >= 0.3 is 5.97 Å². The zero-order valence-corrected chi connectivity index (χ0v) is 11.7. The number of aliphatic carboxylic acids is 1. The highest BCUT2D eigenvalue weighted by Crippen LogP contribution is 2.17. The van der Waals surface area contributed by atoms with E-state index < -0.39 is 5.97 Å². The Kier molecular flexibility index (Phi) is 6.85. The van der Waals surface area contributed by atoms with E-state index in [0.29, 0.717) is 11.9 Å². The zero-order chi connectivity index (χ0) is 14.1. The molecule has 1 unspecified atom stereocenters. The van der Waals surface area contributed by atoms with E-state index in [1.54, 1.807) is 12.4 Å². The lowest BCUT2D eigenvalue weighted by molar-refractivity contribution is -0.137. The molecule has 5 nitrogen and oxygen atoms in total. The van der Waals surface area contributed by atoms with Crippen molar-refractivity contribution in [1.82, 2.24) is 9.97 Å². The first-order valence-electron chi connectivity index (χ1n) is 6.86. The van der Waals surface area contributed by atoms with Crippen molar-refractivity contribution in [2.75, 3.05) is 11.9 Å². The van der Waals surface area contributed by atoms with Crippen molar-refractivity contribution < 1.29 is 9.90 Å². The van der Waals surface area contributed by atoms with Crippen molar-refractivity contribution in [3.8, 4) is 0 Å². The Balaban J connectivity index is 2.30. The molecular formula is C14H23N3O2. The van der Waals surface area contributed by atoms with Gasteiger partial charge in [-0.15, -0.1) is 0 Å². The monoisotopic (exact) mass is 265 g/mol. The van der Waals surface area contributed by atoms with Crippen LogP contribution in [-0.4, -0.2) is 27.6 Å². The third-order valence-electron chi connectivity index (χ3n) is 3.08. The molecule has 1 atom stereocenters. The number of hydrogen-bond acceptors (Lipinski definition) is 4. The SMILES string of the molecule is CCCC(CCNc1ncc(C)cn1)CCC(=O)O. The normalized spacial score (nSPS) is 12.1. The molecule has 1 aromatic heterocycles. The summed E-state index contributed by atoms with van der Waals surface area (Å²) in [7, 11) is 0. The van der Waals surface area contributed by atoms with E-state index in [-0.39, 0.29) is 6.42 Å². The van der Waals surface area contributed by atoms with Crippen LogP contribution >= 0.6 is 0 Å². The molecule has 1 aromatic rings. The molecule has 0 aliphatic heterocycles. The van der Waals surface area contributed by atoms with Gasteiger partial charge in [0.05, 0.1) is 0 Å². The van der Waals surface area contributed by atoms with E-state index in [1.807, 2.05) is 6.92 Å². The van der Waals surface area contributed by atoms with Gasteiger partial charge in [0.15, 0.2) is 0 Å². The van der Waals surface area contributed by atoms with Crippen LogP contribution in [0.1, 0.15) is 44.6 Å². The van der Waals surface area contributed by atoms with E-state index in [4.69, 9.17) is 5.11 Å². The molecule has 0 aromatic carbocycles. The number of aromatic nitrogens is 2. The molecule has 106 valence electrons. The molecule has 2 N–H and O–H groups in total. The molecule has 0 saturated heterocycles. The topological polar surface area (TPSA) is 75.1 Å². The number of hydrogen-bond donors (Lipinski definition) is 2. The summed E-state index contributed by atoms with van der Waals surface area (Å²) < 4.78 is 0. The molecule has 1 heterocycles. The minimum atomic E-state index is -0.712. The van der Waals surface area contributed by atoms with Crippen molar-refractivity contribution >= 4 is 11.9 Å². The van der Waals surface area contributed by atoms with Crippen LogP contribution in [0.4, 0.5) is 5.95 Å². The molecule has 0 aliphatic rings. The molecule has 0 fully saturated rings. The molecule has 0 saturated carbocycles. The Morgan fingerprint density at radius 2 is 2.00 bits per heavy atom. The Bertz CT molecular complexity index is 379. The van der Waals surface area contributed by atoms with E-state index in [0.717, 1.165) is 37.8 Å². The van der Waals surface area contributed by atoms with Gasteiger partial charge in [-0.05, 0) is 31.2 Å². The average Bonchev–Trinajstić information content (AvgIpc) is 2.38. The molecule has 19 heavy (non-hydrogen) atoms. The number of aryl methyl sites for hydroxylation is 1. The Hall–Kier alpha value is -1.65. The minimum absolute atomic E-state index is 0.256. The first kappa shape index (κ1) is 15.4. The Morgan fingerprint density at radius 1 is 1.32 bits per heavy atom. The van der Waals surface area contributed by atoms with Crippen molar-refractivity contribution in [2.45, 2.75) is 46.0 Å². The van der Waals surface area contributed by atoms with Crippen LogP contribution in [0.3, 0.4) is 0 Å². The molecule has 0 aliphatic carbocycles. The molecule has 0 amide bonds. The maximum atomic E-state index is 10.6. The van der Waals surface area contributed by atoms with Crippen LogP contribution in [0, 0.1) is 12.8 Å². The summed E-state index contributed by atoms with van der Waals surface area (Å²) in [6.07, 6.45) is 7.69. The quantitative estimate of drug-likeness (QED) is 0.718. The van der Waals surface area contributed by atoms with Crippen molar-refractivity contribution in [3.05, 3.63) is 18.0 Å². The van der Waals surface area contributed by atoms with Gasteiger partial charge in [0, 0.05) is 25.4 Å².